The van der Waals surface area contributed by atoms with Gasteiger partial charge in [0.05, 0.1) is 5.60 Å². The lowest BCUT2D eigenvalue weighted by molar-refractivity contribution is -0.0586. The van der Waals surface area contributed by atoms with E-state index < -0.39 is 5.60 Å². The van der Waals surface area contributed by atoms with Crippen LogP contribution >= 0.6 is 0 Å². The molecule has 2 aromatic rings. The van der Waals surface area contributed by atoms with Gasteiger partial charge in [-0.1, -0.05) is 36.4 Å². The minimum Gasteiger partial charge on any atom is -0.457 e. The van der Waals surface area contributed by atoms with E-state index in [1.807, 2.05) is 72.3 Å². The number of amides is 2. The third-order valence-electron chi connectivity index (χ3n) is 8.06. The number of aliphatic hydroxyl groups is 1. The van der Waals surface area contributed by atoms with E-state index in [2.05, 4.69) is 5.32 Å². The Bertz CT molecular complexity index is 1030. The Labute approximate surface area is 221 Å². The first-order valence-corrected chi connectivity index (χ1v) is 13.7. The molecule has 202 valence electrons. The number of carbonyl (C=O) groups excluding carboxylic acids is 1. The van der Waals surface area contributed by atoms with Gasteiger partial charge in [-0.25, -0.2) is 4.79 Å². The molecule has 4 rings (SSSR count). The van der Waals surface area contributed by atoms with Crippen molar-refractivity contribution in [3.05, 3.63) is 59.7 Å². The van der Waals surface area contributed by atoms with E-state index in [1.54, 1.807) is 7.11 Å². The summed E-state index contributed by atoms with van der Waals surface area (Å²) >= 11 is 0. The Kier molecular flexibility index (Phi) is 9.46. The molecule has 2 aliphatic heterocycles. The van der Waals surface area contributed by atoms with E-state index in [0.29, 0.717) is 31.4 Å². The molecule has 0 saturated carbocycles. The number of carbonyl (C=O) groups is 1. The van der Waals surface area contributed by atoms with Crippen molar-refractivity contribution >= 4 is 6.03 Å². The summed E-state index contributed by atoms with van der Waals surface area (Å²) in [4.78, 5) is 17.3. The molecule has 0 aromatic heterocycles. The van der Waals surface area contributed by atoms with Crippen molar-refractivity contribution in [2.24, 2.45) is 5.92 Å². The zero-order chi connectivity index (χ0) is 26.3. The predicted octanol–water partition coefficient (Wildman–Crippen LogP) is 4.92. The molecule has 0 aliphatic carbocycles. The number of likely N-dealkylation sites (tertiary alicyclic amines) is 2. The van der Waals surface area contributed by atoms with Gasteiger partial charge < -0.3 is 29.7 Å². The van der Waals surface area contributed by atoms with Gasteiger partial charge in [-0.2, -0.15) is 0 Å². The van der Waals surface area contributed by atoms with Gasteiger partial charge in [0.2, 0.25) is 0 Å². The maximum Gasteiger partial charge on any atom is 0.320 e. The number of hydrogen-bond donors (Lipinski definition) is 2. The summed E-state index contributed by atoms with van der Waals surface area (Å²) in [7, 11) is 3.66. The van der Waals surface area contributed by atoms with Crippen LogP contribution in [0.1, 0.15) is 49.7 Å². The zero-order valence-electron chi connectivity index (χ0n) is 22.6. The molecule has 0 radical (unpaired) electrons. The van der Waals surface area contributed by atoms with Crippen molar-refractivity contribution in [1.82, 2.24) is 15.1 Å². The number of benzene rings is 2. The second-order valence-corrected chi connectivity index (χ2v) is 10.5. The highest BCUT2D eigenvalue weighted by atomic mass is 16.5. The highest BCUT2D eigenvalue weighted by Gasteiger charge is 2.43. The van der Waals surface area contributed by atoms with Crippen molar-refractivity contribution in [3.63, 3.8) is 0 Å². The van der Waals surface area contributed by atoms with Crippen LogP contribution < -0.4 is 10.1 Å². The number of ether oxygens (including phenoxy) is 2. The summed E-state index contributed by atoms with van der Waals surface area (Å²) in [5, 5.41) is 15.8. The van der Waals surface area contributed by atoms with Gasteiger partial charge in [0.15, 0.2) is 0 Å². The number of urea groups is 1. The van der Waals surface area contributed by atoms with Gasteiger partial charge in [0, 0.05) is 57.4 Å². The van der Waals surface area contributed by atoms with Gasteiger partial charge in [0.25, 0.3) is 0 Å². The molecule has 2 aromatic carbocycles. The fraction of sp³-hybridized carbons (Fsp3) is 0.567. The molecule has 2 heterocycles. The molecule has 7 nitrogen and oxygen atoms in total. The van der Waals surface area contributed by atoms with Crippen molar-refractivity contribution in [2.75, 3.05) is 46.9 Å². The Balaban J connectivity index is 1.60. The van der Waals surface area contributed by atoms with Gasteiger partial charge in [-0.05, 0) is 70.2 Å². The van der Waals surface area contributed by atoms with Crippen LogP contribution in [0.2, 0.25) is 0 Å². The smallest absolute Gasteiger partial charge is 0.320 e. The number of methoxy groups -OCH3 is 1. The number of unbranched alkanes of at least 4 members (excludes halogenated alkanes) is 1. The first-order chi connectivity index (χ1) is 18.0. The number of rotatable bonds is 10. The third kappa shape index (κ3) is 6.46. The number of aryl methyl sites for hydroxylation is 1. The Morgan fingerprint density at radius 3 is 2.49 bits per heavy atom. The summed E-state index contributed by atoms with van der Waals surface area (Å²) in [6, 6.07) is 16.2. The number of nitrogens with zero attached hydrogens (tertiary/aromatic N) is 2. The quantitative estimate of drug-likeness (QED) is 0.445. The molecule has 2 fully saturated rings. The van der Waals surface area contributed by atoms with Gasteiger partial charge in [0.1, 0.15) is 11.5 Å². The topological polar surface area (TPSA) is 74.3 Å². The lowest BCUT2D eigenvalue weighted by Gasteiger charge is -2.44. The molecule has 0 spiro atoms. The Morgan fingerprint density at radius 2 is 1.76 bits per heavy atom. The molecule has 3 atom stereocenters. The molecule has 2 N–H and O–H groups in total. The fourth-order valence-corrected chi connectivity index (χ4v) is 5.81. The molecule has 2 amide bonds. The second kappa shape index (κ2) is 12.8. The highest BCUT2D eigenvalue weighted by Crippen LogP contribution is 2.44. The molecule has 1 unspecified atom stereocenters. The third-order valence-corrected chi connectivity index (χ3v) is 8.06. The number of para-hydroxylation sites is 2. The van der Waals surface area contributed by atoms with Crippen LogP contribution in [0.25, 0.3) is 0 Å². The summed E-state index contributed by atoms with van der Waals surface area (Å²) < 4.78 is 11.7. The second-order valence-electron chi connectivity index (χ2n) is 10.5. The zero-order valence-corrected chi connectivity index (χ0v) is 22.6. The molecule has 2 aliphatic rings. The van der Waals surface area contributed by atoms with E-state index in [0.717, 1.165) is 68.6 Å². The van der Waals surface area contributed by atoms with E-state index in [-0.39, 0.29) is 11.9 Å². The summed E-state index contributed by atoms with van der Waals surface area (Å²) in [6.07, 6.45) is 5.00. The standard InChI is InChI=1S/C30H43N3O4/c1-23-11-4-6-14-27(23)37-28-15-7-5-13-26(28)30(35,17-8-9-20-36-3)24-12-10-18-32(21-24)29(34)33-19-16-25(22-33)31-2/h4-7,11,13-15,24-25,31,35H,8-10,12,16-22H2,1-3H3/t24-,25?,30+/m1/s1. The van der Waals surface area contributed by atoms with Crippen molar-refractivity contribution in [3.8, 4) is 11.5 Å². The van der Waals surface area contributed by atoms with E-state index in [1.165, 1.54) is 0 Å². The Hall–Kier alpha value is -2.61. The van der Waals surface area contributed by atoms with Crippen LogP contribution in [0.15, 0.2) is 48.5 Å². The SMILES string of the molecule is CNC1CCN(C(=O)N2CCC[C@@H]([C@@](O)(CCCCOC)c3ccccc3Oc3ccccc3C)C2)C1. The molecular weight excluding hydrogens is 466 g/mol. The average molecular weight is 510 g/mol. The molecule has 7 heteroatoms. The van der Waals surface area contributed by atoms with E-state index in [9.17, 15) is 9.90 Å². The summed E-state index contributed by atoms with van der Waals surface area (Å²) in [6.45, 7) is 5.48. The van der Waals surface area contributed by atoms with Crippen LogP contribution in [-0.4, -0.2) is 73.9 Å². The van der Waals surface area contributed by atoms with E-state index >= 15 is 0 Å². The van der Waals surface area contributed by atoms with Crippen molar-refractivity contribution < 1.29 is 19.4 Å². The lowest BCUT2D eigenvalue weighted by atomic mass is 9.73. The van der Waals surface area contributed by atoms with Crippen molar-refractivity contribution in [1.29, 1.82) is 0 Å². The van der Waals surface area contributed by atoms with Crippen LogP contribution in [0.3, 0.4) is 0 Å². The Morgan fingerprint density at radius 1 is 1.03 bits per heavy atom. The number of piperidine rings is 1. The summed E-state index contributed by atoms with van der Waals surface area (Å²) in [5.41, 5.74) is 0.719. The maximum absolute atomic E-state index is 13.4. The predicted molar refractivity (Wildman–Crippen MR) is 146 cm³/mol. The molecule has 0 bridgehead atoms. The number of nitrogens with one attached hydrogen (secondary N) is 1. The monoisotopic (exact) mass is 509 g/mol. The van der Waals surface area contributed by atoms with Crippen LogP contribution in [-0.2, 0) is 10.3 Å². The van der Waals surface area contributed by atoms with Crippen LogP contribution in [0, 0.1) is 12.8 Å². The number of likely N-dealkylation sites (N-methyl/N-ethyl adjacent to an activating group) is 1. The minimum atomic E-state index is -1.12. The first-order valence-electron chi connectivity index (χ1n) is 13.7. The van der Waals surface area contributed by atoms with Gasteiger partial charge in [-0.3, -0.25) is 0 Å². The first kappa shape index (κ1) is 27.4. The molecule has 37 heavy (non-hydrogen) atoms. The molecule has 2 saturated heterocycles. The fourth-order valence-electron chi connectivity index (χ4n) is 5.81. The summed E-state index contributed by atoms with van der Waals surface area (Å²) in [5.74, 6) is 1.37. The normalized spacial score (nSPS) is 21.6. The van der Waals surface area contributed by atoms with Crippen LogP contribution in [0.5, 0.6) is 11.5 Å². The maximum atomic E-state index is 13.4. The largest absolute Gasteiger partial charge is 0.457 e. The van der Waals surface area contributed by atoms with Gasteiger partial charge in [-0.15, -0.1) is 0 Å². The molecular formula is C30H43N3O4. The van der Waals surface area contributed by atoms with E-state index in [4.69, 9.17) is 9.47 Å². The minimum absolute atomic E-state index is 0.0861. The van der Waals surface area contributed by atoms with Crippen LogP contribution in [0.4, 0.5) is 4.79 Å². The van der Waals surface area contributed by atoms with Crippen molar-refractivity contribution in [2.45, 2.75) is 57.1 Å². The van der Waals surface area contributed by atoms with Gasteiger partial charge >= 0.3 is 6.03 Å². The number of hydrogen-bond acceptors (Lipinski definition) is 5. The highest BCUT2D eigenvalue weighted by molar-refractivity contribution is 5.75. The lowest BCUT2D eigenvalue weighted by Crippen LogP contribution is -2.51. The average Bonchev–Trinajstić information content (AvgIpc) is 3.42.